The summed E-state index contributed by atoms with van der Waals surface area (Å²) in [6.45, 7) is 6.55. The van der Waals surface area contributed by atoms with Crippen molar-refractivity contribution < 1.29 is 14.7 Å². The molecular formula is C13H25NO3. The number of hydrogen-bond donors (Lipinski definition) is 1. The van der Waals surface area contributed by atoms with Gasteiger partial charge < -0.3 is 9.94 Å². The van der Waals surface area contributed by atoms with E-state index in [1.165, 1.54) is 19.1 Å². The molecule has 0 aromatic heterocycles. The topological polar surface area (TPSA) is 58.9 Å². The molecule has 0 aliphatic rings. The zero-order chi connectivity index (χ0) is 13.1. The quantitative estimate of drug-likeness (QED) is 0.222. The van der Waals surface area contributed by atoms with Crippen molar-refractivity contribution in [2.24, 2.45) is 17.0 Å². The van der Waals surface area contributed by atoms with Crippen molar-refractivity contribution in [1.82, 2.24) is 0 Å². The molecule has 0 spiro atoms. The molecule has 17 heavy (non-hydrogen) atoms. The summed E-state index contributed by atoms with van der Waals surface area (Å²) in [5, 5.41) is 11.4. The zero-order valence-corrected chi connectivity index (χ0v) is 11.2. The maximum absolute atomic E-state index is 11.5. The zero-order valence-electron chi connectivity index (χ0n) is 11.2. The van der Waals surface area contributed by atoms with E-state index in [0.29, 0.717) is 13.0 Å². The molecule has 0 fully saturated rings. The van der Waals surface area contributed by atoms with Gasteiger partial charge in [-0.1, -0.05) is 39.5 Å². The Morgan fingerprint density at radius 1 is 1.29 bits per heavy atom. The normalized spacial score (nSPS) is 13.2. The molecule has 0 saturated heterocycles. The van der Waals surface area contributed by atoms with Crippen molar-refractivity contribution in [3.63, 3.8) is 0 Å². The van der Waals surface area contributed by atoms with E-state index in [1.54, 1.807) is 6.92 Å². The lowest BCUT2D eigenvalue weighted by atomic mass is 10.00. The molecule has 0 aromatic rings. The second-order valence-electron chi connectivity index (χ2n) is 4.65. The fraction of sp³-hybridized carbons (Fsp3) is 0.846. The van der Waals surface area contributed by atoms with Gasteiger partial charge in [0, 0.05) is 0 Å². The van der Waals surface area contributed by atoms with Gasteiger partial charge in [-0.05, 0) is 19.3 Å². The lowest BCUT2D eigenvalue weighted by Crippen LogP contribution is -2.19. The highest BCUT2D eigenvalue weighted by molar-refractivity contribution is 5.89. The van der Waals surface area contributed by atoms with E-state index in [2.05, 4.69) is 19.0 Å². The average Bonchev–Trinajstić information content (AvgIpc) is 2.27. The molecule has 1 unspecified atom stereocenters. The van der Waals surface area contributed by atoms with Gasteiger partial charge in [0.25, 0.3) is 0 Å². The first kappa shape index (κ1) is 15.9. The van der Waals surface area contributed by atoms with Crippen LogP contribution in [0.5, 0.6) is 0 Å². The highest BCUT2D eigenvalue weighted by atomic mass is 16.5. The molecule has 0 rings (SSSR count). The Bertz CT molecular complexity index is 227. The molecule has 0 radical (unpaired) electrons. The number of esters is 1. The van der Waals surface area contributed by atoms with Crippen LogP contribution >= 0.6 is 0 Å². The number of carbonyl (C=O) groups is 1. The minimum absolute atomic E-state index is 0.297. The summed E-state index contributed by atoms with van der Waals surface area (Å²) in [4.78, 5) is 11.5. The lowest BCUT2D eigenvalue weighted by molar-refractivity contribution is -0.145. The minimum Gasteiger partial charge on any atom is -0.465 e. The molecule has 0 saturated carbocycles. The number of unbranched alkanes of at least 4 members (excludes halogenated alkanes) is 2. The summed E-state index contributed by atoms with van der Waals surface area (Å²) in [7, 11) is 0. The SMILES string of the molecule is CCOC(=O)C(/C=N\O)CCCCCC(C)C. The minimum atomic E-state index is -0.404. The molecule has 4 nitrogen and oxygen atoms in total. The van der Waals surface area contributed by atoms with Crippen molar-refractivity contribution in [3.05, 3.63) is 0 Å². The smallest absolute Gasteiger partial charge is 0.314 e. The van der Waals surface area contributed by atoms with Crippen molar-refractivity contribution in [2.75, 3.05) is 6.61 Å². The van der Waals surface area contributed by atoms with Gasteiger partial charge >= 0.3 is 5.97 Å². The Morgan fingerprint density at radius 2 is 1.94 bits per heavy atom. The van der Waals surface area contributed by atoms with Crippen molar-refractivity contribution in [1.29, 1.82) is 0 Å². The van der Waals surface area contributed by atoms with E-state index >= 15 is 0 Å². The van der Waals surface area contributed by atoms with Crippen LogP contribution in [-0.4, -0.2) is 24.0 Å². The summed E-state index contributed by atoms with van der Waals surface area (Å²) >= 11 is 0. The molecule has 0 aromatic carbocycles. The van der Waals surface area contributed by atoms with Crippen LogP contribution in [0.25, 0.3) is 0 Å². The number of nitrogens with zero attached hydrogens (tertiary/aromatic N) is 1. The number of rotatable bonds is 9. The van der Waals surface area contributed by atoms with Crippen LogP contribution in [-0.2, 0) is 9.53 Å². The highest BCUT2D eigenvalue weighted by Gasteiger charge is 2.17. The van der Waals surface area contributed by atoms with Crippen LogP contribution in [0.15, 0.2) is 5.16 Å². The maximum Gasteiger partial charge on any atom is 0.314 e. The molecule has 0 amide bonds. The number of carbonyl (C=O) groups excluding carboxylic acids is 1. The van der Waals surface area contributed by atoms with Gasteiger partial charge in [-0.25, -0.2) is 0 Å². The lowest BCUT2D eigenvalue weighted by Gasteiger charge is -2.10. The van der Waals surface area contributed by atoms with E-state index < -0.39 is 5.92 Å². The van der Waals surface area contributed by atoms with Gasteiger partial charge in [-0.2, -0.15) is 0 Å². The summed E-state index contributed by atoms with van der Waals surface area (Å²) in [6.07, 6.45) is 6.43. The monoisotopic (exact) mass is 243 g/mol. The molecule has 100 valence electrons. The molecular weight excluding hydrogens is 218 g/mol. The van der Waals surface area contributed by atoms with Gasteiger partial charge in [0.1, 0.15) is 0 Å². The highest BCUT2D eigenvalue weighted by Crippen LogP contribution is 2.13. The molecule has 1 N–H and O–H groups in total. The van der Waals surface area contributed by atoms with Crippen LogP contribution in [0, 0.1) is 11.8 Å². The third-order valence-electron chi connectivity index (χ3n) is 2.63. The average molecular weight is 243 g/mol. The number of oxime groups is 1. The third kappa shape index (κ3) is 8.72. The second-order valence-corrected chi connectivity index (χ2v) is 4.65. The Labute approximate surface area is 104 Å². The van der Waals surface area contributed by atoms with Gasteiger partial charge in [0.15, 0.2) is 0 Å². The van der Waals surface area contributed by atoms with E-state index in [0.717, 1.165) is 18.8 Å². The standard InChI is InChI=1S/C13H25NO3/c1-4-17-13(15)12(10-14-16)9-7-5-6-8-11(2)3/h10-12,16H,4-9H2,1-3H3/b14-10-. The van der Waals surface area contributed by atoms with Gasteiger partial charge in [0.2, 0.25) is 0 Å². The maximum atomic E-state index is 11.5. The second kappa shape index (κ2) is 10.1. The first-order chi connectivity index (χ1) is 8.11. The van der Waals surface area contributed by atoms with Gasteiger partial charge in [0.05, 0.1) is 18.7 Å². The Morgan fingerprint density at radius 3 is 2.47 bits per heavy atom. The van der Waals surface area contributed by atoms with Crippen LogP contribution in [0.1, 0.15) is 52.9 Å². The third-order valence-corrected chi connectivity index (χ3v) is 2.63. The molecule has 1 atom stereocenters. The Balaban J connectivity index is 3.81. The van der Waals surface area contributed by atoms with E-state index in [9.17, 15) is 4.79 Å². The van der Waals surface area contributed by atoms with E-state index in [4.69, 9.17) is 9.94 Å². The summed E-state index contributed by atoms with van der Waals surface area (Å²) in [5.41, 5.74) is 0. The number of hydrogen-bond acceptors (Lipinski definition) is 4. The molecule has 4 heteroatoms. The van der Waals surface area contributed by atoms with Gasteiger partial charge in [-0.3, -0.25) is 4.79 Å². The van der Waals surface area contributed by atoms with Gasteiger partial charge in [-0.15, -0.1) is 5.16 Å². The summed E-state index contributed by atoms with van der Waals surface area (Å²) in [6, 6.07) is 0. The fourth-order valence-electron chi connectivity index (χ4n) is 1.68. The predicted octanol–water partition coefficient (Wildman–Crippen LogP) is 3.23. The molecule has 0 heterocycles. The van der Waals surface area contributed by atoms with Crippen molar-refractivity contribution in [2.45, 2.75) is 52.9 Å². The molecule has 0 aliphatic heterocycles. The van der Waals surface area contributed by atoms with E-state index in [-0.39, 0.29) is 5.97 Å². The summed E-state index contributed by atoms with van der Waals surface area (Å²) in [5.74, 6) is 0.0306. The first-order valence-electron chi connectivity index (χ1n) is 6.46. The number of ether oxygens (including phenoxy) is 1. The van der Waals surface area contributed by atoms with Crippen LogP contribution in [0.2, 0.25) is 0 Å². The largest absolute Gasteiger partial charge is 0.465 e. The predicted molar refractivity (Wildman–Crippen MR) is 68.3 cm³/mol. The first-order valence-corrected chi connectivity index (χ1v) is 6.46. The Hall–Kier alpha value is -1.06. The molecule has 0 bridgehead atoms. The van der Waals surface area contributed by atoms with Crippen LogP contribution < -0.4 is 0 Å². The van der Waals surface area contributed by atoms with Crippen molar-refractivity contribution >= 4 is 12.2 Å². The van der Waals surface area contributed by atoms with Crippen LogP contribution in [0.4, 0.5) is 0 Å². The van der Waals surface area contributed by atoms with E-state index in [1.807, 2.05) is 0 Å². The van der Waals surface area contributed by atoms with Crippen LogP contribution in [0.3, 0.4) is 0 Å². The molecule has 0 aliphatic carbocycles. The fourth-order valence-corrected chi connectivity index (χ4v) is 1.68. The Kier molecular flexibility index (Phi) is 9.49. The summed E-state index contributed by atoms with van der Waals surface area (Å²) < 4.78 is 4.91. The van der Waals surface area contributed by atoms with Crippen molar-refractivity contribution in [3.8, 4) is 0 Å².